The third-order valence-electron chi connectivity index (χ3n) is 6.74. The highest BCUT2D eigenvalue weighted by Crippen LogP contribution is 2.31. The smallest absolute Gasteiger partial charge is 0.376 e. The van der Waals surface area contributed by atoms with Crippen molar-refractivity contribution in [1.82, 2.24) is 14.4 Å². The van der Waals surface area contributed by atoms with Gasteiger partial charge in [0.25, 0.3) is 5.91 Å². The molecule has 3 heterocycles. The van der Waals surface area contributed by atoms with E-state index >= 15 is 0 Å². The number of hydrogen-bond donors (Lipinski definition) is 0. The standard InChI is InChI=1S/C26H35F3N4O2S/c1-25(2,3)22-17-33(16-20-6-5-13-35-20)24(36-22)30-23(34)21-14-19(26(27,28)29)8-7-18(21)15-32-11-9-31(4)10-12-32/h7-8,14,17,20H,5-6,9-13,15-16H2,1-4H3/t20-/m1/s1. The van der Waals surface area contributed by atoms with Crippen LogP contribution in [-0.4, -0.2) is 66.2 Å². The first kappa shape index (κ1) is 27.0. The molecule has 2 fully saturated rings. The van der Waals surface area contributed by atoms with Crippen LogP contribution in [0.1, 0.15) is 60.0 Å². The van der Waals surface area contributed by atoms with Crippen LogP contribution in [0.4, 0.5) is 13.2 Å². The lowest BCUT2D eigenvalue weighted by atomic mass is 9.95. The average Bonchev–Trinajstić information content (AvgIpc) is 3.45. The number of piperazine rings is 1. The molecule has 0 radical (unpaired) electrons. The molecule has 0 spiro atoms. The highest BCUT2D eigenvalue weighted by atomic mass is 32.1. The highest BCUT2D eigenvalue weighted by Gasteiger charge is 2.32. The van der Waals surface area contributed by atoms with Gasteiger partial charge in [-0.2, -0.15) is 18.2 Å². The number of ether oxygens (including phenoxy) is 1. The average molecular weight is 525 g/mol. The second-order valence-corrected chi connectivity index (χ2v) is 11.8. The molecule has 1 aromatic carbocycles. The number of carbonyl (C=O) groups excluding carboxylic acids is 1. The van der Waals surface area contributed by atoms with Crippen LogP contribution in [0.15, 0.2) is 29.4 Å². The van der Waals surface area contributed by atoms with Crippen molar-refractivity contribution in [2.75, 3.05) is 39.8 Å². The minimum atomic E-state index is -4.54. The predicted octanol–water partition coefficient (Wildman–Crippen LogP) is 4.53. The van der Waals surface area contributed by atoms with Crippen LogP contribution in [0.25, 0.3) is 0 Å². The van der Waals surface area contributed by atoms with Crippen molar-refractivity contribution in [3.8, 4) is 0 Å². The molecular weight excluding hydrogens is 489 g/mol. The van der Waals surface area contributed by atoms with Crippen LogP contribution in [0.5, 0.6) is 0 Å². The summed E-state index contributed by atoms with van der Waals surface area (Å²) in [5.74, 6) is -0.645. The maximum atomic E-state index is 13.5. The van der Waals surface area contributed by atoms with Crippen molar-refractivity contribution in [2.45, 2.75) is 64.4 Å². The molecule has 0 aliphatic carbocycles. The van der Waals surface area contributed by atoms with Crippen LogP contribution in [-0.2, 0) is 29.4 Å². The van der Waals surface area contributed by atoms with E-state index < -0.39 is 17.6 Å². The van der Waals surface area contributed by atoms with Gasteiger partial charge >= 0.3 is 6.18 Å². The van der Waals surface area contributed by atoms with Crippen molar-refractivity contribution in [2.24, 2.45) is 4.99 Å². The quantitative estimate of drug-likeness (QED) is 0.577. The molecule has 10 heteroatoms. The molecule has 1 atom stereocenters. The van der Waals surface area contributed by atoms with Gasteiger partial charge in [0.1, 0.15) is 0 Å². The lowest BCUT2D eigenvalue weighted by molar-refractivity contribution is -0.137. The zero-order chi connectivity index (χ0) is 26.1. The number of benzene rings is 1. The predicted molar refractivity (Wildman–Crippen MR) is 134 cm³/mol. The zero-order valence-corrected chi connectivity index (χ0v) is 22.2. The molecule has 4 rings (SSSR count). The first-order valence-corrected chi connectivity index (χ1v) is 13.2. The normalized spacial score (nSPS) is 20.9. The minimum absolute atomic E-state index is 0.0122. The maximum Gasteiger partial charge on any atom is 0.416 e. The van der Waals surface area contributed by atoms with E-state index in [1.807, 2.05) is 17.8 Å². The van der Waals surface area contributed by atoms with E-state index in [9.17, 15) is 18.0 Å². The van der Waals surface area contributed by atoms with Gasteiger partial charge < -0.3 is 14.2 Å². The molecule has 0 unspecified atom stereocenters. The molecule has 0 bridgehead atoms. The van der Waals surface area contributed by atoms with Gasteiger partial charge in [-0.05, 0) is 43.0 Å². The van der Waals surface area contributed by atoms with Gasteiger partial charge in [0.05, 0.1) is 18.2 Å². The van der Waals surface area contributed by atoms with Crippen LogP contribution >= 0.6 is 11.3 Å². The topological polar surface area (TPSA) is 50.1 Å². The molecule has 2 saturated heterocycles. The van der Waals surface area contributed by atoms with Crippen molar-refractivity contribution in [1.29, 1.82) is 0 Å². The Morgan fingerprint density at radius 1 is 1.17 bits per heavy atom. The summed E-state index contributed by atoms with van der Waals surface area (Å²) in [5, 5.41) is 0. The van der Waals surface area contributed by atoms with Crippen molar-refractivity contribution >= 4 is 17.2 Å². The van der Waals surface area contributed by atoms with E-state index in [-0.39, 0.29) is 17.1 Å². The Hall–Kier alpha value is -2.01. The number of hydrogen-bond acceptors (Lipinski definition) is 5. The summed E-state index contributed by atoms with van der Waals surface area (Å²) < 4.78 is 48.3. The van der Waals surface area contributed by atoms with E-state index in [1.54, 1.807) is 0 Å². The van der Waals surface area contributed by atoms with E-state index in [0.29, 0.717) is 30.1 Å². The summed E-state index contributed by atoms with van der Waals surface area (Å²) >= 11 is 1.41. The zero-order valence-electron chi connectivity index (χ0n) is 21.4. The fourth-order valence-electron chi connectivity index (χ4n) is 4.44. The Morgan fingerprint density at radius 2 is 1.89 bits per heavy atom. The summed E-state index contributed by atoms with van der Waals surface area (Å²) in [6.07, 6.45) is -0.571. The number of rotatable bonds is 5. The number of aromatic nitrogens is 1. The molecule has 36 heavy (non-hydrogen) atoms. The van der Waals surface area contributed by atoms with Crippen LogP contribution in [0.3, 0.4) is 0 Å². The molecule has 6 nitrogen and oxygen atoms in total. The fourth-order valence-corrected chi connectivity index (χ4v) is 5.49. The van der Waals surface area contributed by atoms with Gasteiger partial charge in [-0.1, -0.05) is 26.8 Å². The lowest BCUT2D eigenvalue weighted by Crippen LogP contribution is -2.44. The summed E-state index contributed by atoms with van der Waals surface area (Å²) in [4.78, 5) is 23.8. The molecule has 0 N–H and O–H groups in total. The van der Waals surface area contributed by atoms with Crippen molar-refractivity contribution < 1.29 is 22.7 Å². The number of carbonyl (C=O) groups is 1. The number of thiazole rings is 1. The van der Waals surface area contributed by atoms with Gasteiger partial charge in [-0.25, -0.2) is 0 Å². The number of alkyl halides is 3. The Bertz CT molecular complexity index is 1140. The van der Waals surface area contributed by atoms with Gasteiger partial charge in [0.2, 0.25) is 0 Å². The molecule has 2 aliphatic rings. The van der Waals surface area contributed by atoms with Gasteiger partial charge in [-0.3, -0.25) is 9.69 Å². The number of nitrogens with zero attached hydrogens (tertiary/aromatic N) is 4. The van der Waals surface area contributed by atoms with E-state index in [2.05, 4.69) is 35.6 Å². The number of halogens is 3. The second kappa shape index (κ2) is 10.8. The summed E-state index contributed by atoms with van der Waals surface area (Å²) in [7, 11) is 2.04. The maximum absolute atomic E-state index is 13.5. The van der Waals surface area contributed by atoms with Crippen molar-refractivity contribution in [3.05, 3.63) is 50.8 Å². The minimum Gasteiger partial charge on any atom is -0.376 e. The van der Waals surface area contributed by atoms with E-state index in [1.165, 1.54) is 17.4 Å². The first-order chi connectivity index (χ1) is 16.9. The summed E-state index contributed by atoms with van der Waals surface area (Å²) in [6.45, 7) is 11.3. The van der Waals surface area contributed by atoms with Crippen molar-refractivity contribution in [3.63, 3.8) is 0 Å². The van der Waals surface area contributed by atoms with E-state index in [4.69, 9.17) is 4.74 Å². The summed E-state index contributed by atoms with van der Waals surface area (Å²) in [6, 6.07) is 3.45. The Morgan fingerprint density at radius 3 is 2.50 bits per heavy atom. The Balaban J connectivity index is 1.71. The highest BCUT2D eigenvalue weighted by molar-refractivity contribution is 7.09. The SMILES string of the molecule is CN1CCN(Cc2ccc(C(F)(F)F)cc2C(=O)N=c2sc(C(C)(C)C)cn2C[C@H]2CCCO2)CC1. The third-order valence-corrected chi connectivity index (χ3v) is 8.18. The molecule has 1 amide bonds. The first-order valence-electron chi connectivity index (χ1n) is 12.4. The molecule has 198 valence electrons. The monoisotopic (exact) mass is 524 g/mol. The van der Waals surface area contributed by atoms with Gasteiger partial charge in [0.15, 0.2) is 4.80 Å². The molecular formula is C26H35F3N4O2S. The fraction of sp³-hybridized carbons (Fsp3) is 0.615. The Labute approximate surface area is 214 Å². The Kier molecular flexibility index (Phi) is 8.09. The summed E-state index contributed by atoms with van der Waals surface area (Å²) in [5.41, 5.74) is -0.405. The molecule has 2 aromatic rings. The van der Waals surface area contributed by atoms with Crippen LogP contribution in [0, 0.1) is 0 Å². The molecule has 0 saturated carbocycles. The number of likely N-dealkylation sites (N-methyl/N-ethyl adjacent to an activating group) is 1. The molecule has 1 aromatic heterocycles. The van der Waals surface area contributed by atoms with E-state index in [0.717, 1.165) is 56.0 Å². The molecule has 2 aliphatic heterocycles. The number of amides is 1. The second-order valence-electron chi connectivity index (χ2n) is 10.8. The van der Waals surface area contributed by atoms with Crippen LogP contribution in [0.2, 0.25) is 0 Å². The van der Waals surface area contributed by atoms with Crippen LogP contribution < -0.4 is 4.80 Å². The van der Waals surface area contributed by atoms with Gasteiger partial charge in [0, 0.05) is 56.0 Å². The third kappa shape index (κ3) is 6.65. The largest absolute Gasteiger partial charge is 0.416 e. The lowest BCUT2D eigenvalue weighted by Gasteiger charge is -2.32. The van der Waals surface area contributed by atoms with Gasteiger partial charge in [-0.15, -0.1) is 11.3 Å².